The van der Waals surface area contributed by atoms with Crippen LogP contribution in [0, 0.1) is 0 Å². The van der Waals surface area contributed by atoms with Crippen molar-refractivity contribution < 1.29 is 40.7 Å². The quantitative estimate of drug-likeness (QED) is 0.245. The Kier molecular flexibility index (Phi) is 8.85. The molecule has 3 rings (SSSR count). The molecule has 4 nitrogen and oxygen atoms in total. The molecule has 0 atom stereocenters. The van der Waals surface area contributed by atoms with Gasteiger partial charge in [0, 0.05) is 19.3 Å². The summed E-state index contributed by atoms with van der Waals surface area (Å²) in [6, 6.07) is 16.7. The van der Waals surface area contributed by atoms with Gasteiger partial charge < -0.3 is 10.1 Å². The van der Waals surface area contributed by atoms with Crippen molar-refractivity contribution in [3.63, 3.8) is 0 Å². The van der Waals surface area contributed by atoms with Crippen molar-refractivity contribution >= 4 is 11.9 Å². The maximum atomic E-state index is 13.7. The lowest BCUT2D eigenvalue weighted by Gasteiger charge is -2.37. The summed E-state index contributed by atoms with van der Waals surface area (Å²) >= 11 is 0. The lowest BCUT2D eigenvalue weighted by Crippen LogP contribution is -2.48. The summed E-state index contributed by atoms with van der Waals surface area (Å²) in [6.45, 7) is 0. The molecule has 0 saturated heterocycles. The lowest BCUT2D eigenvalue weighted by molar-refractivity contribution is -0.141. The number of alkyl halides is 6. The maximum absolute atomic E-state index is 13.7. The first-order chi connectivity index (χ1) is 17.8. The summed E-state index contributed by atoms with van der Waals surface area (Å²) in [5, 5.41) is 2.73. The third kappa shape index (κ3) is 7.14. The van der Waals surface area contributed by atoms with E-state index < -0.39 is 40.9 Å². The van der Waals surface area contributed by atoms with Crippen LogP contribution < -0.4 is 5.32 Å². The van der Waals surface area contributed by atoms with Gasteiger partial charge in [0.2, 0.25) is 5.91 Å². The smallest absolute Gasteiger partial charge is 0.416 e. The van der Waals surface area contributed by atoms with Crippen LogP contribution in [-0.4, -0.2) is 19.0 Å². The van der Waals surface area contributed by atoms with E-state index in [9.17, 15) is 35.9 Å². The lowest BCUT2D eigenvalue weighted by atomic mass is 9.76. The second-order valence-electron chi connectivity index (χ2n) is 8.70. The van der Waals surface area contributed by atoms with Gasteiger partial charge in [0.15, 0.2) is 0 Å². The Bertz CT molecular complexity index is 1200. The number of hydrogen-bond acceptors (Lipinski definition) is 3. The summed E-state index contributed by atoms with van der Waals surface area (Å²) in [7, 11) is 1.19. The zero-order valence-corrected chi connectivity index (χ0v) is 20.3. The predicted octanol–water partition coefficient (Wildman–Crippen LogP) is 6.67. The molecule has 10 heteroatoms. The van der Waals surface area contributed by atoms with Gasteiger partial charge in [-0.1, -0.05) is 54.6 Å². The van der Waals surface area contributed by atoms with Crippen LogP contribution in [0.25, 0.3) is 0 Å². The standard InChI is InChI=1S/C28H25F6NO3/c1-38-25(37)15-7-14-24(36)35-26(18-19-8-3-2-4-9-19,20-10-5-12-22(16-20)27(29,30)31)21-11-6-13-23(17-21)28(32,33)34/h2-6,8-13,16-17H,7,14-15,18H2,1H3,(H,35,36). The number of methoxy groups -OCH3 is 1. The Morgan fingerprint density at radius 1 is 0.711 bits per heavy atom. The van der Waals surface area contributed by atoms with Gasteiger partial charge >= 0.3 is 18.3 Å². The van der Waals surface area contributed by atoms with Crippen molar-refractivity contribution in [3.8, 4) is 0 Å². The van der Waals surface area contributed by atoms with E-state index in [1.54, 1.807) is 30.3 Å². The summed E-state index contributed by atoms with van der Waals surface area (Å²) in [6.07, 6.45) is -9.81. The average molecular weight is 538 g/mol. The molecule has 0 heterocycles. The van der Waals surface area contributed by atoms with Gasteiger partial charge in [0.1, 0.15) is 0 Å². The number of halogens is 6. The Morgan fingerprint density at radius 2 is 1.21 bits per heavy atom. The number of amides is 1. The van der Waals surface area contributed by atoms with Crippen LogP contribution >= 0.6 is 0 Å². The van der Waals surface area contributed by atoms with Crippen LogP contribution in [0.5, 0.6) is 0 Å². The molecule has 0 spiro atoms. The number of carbonyl (C=O) groups is 2. The summed E-state index contributed by atoms with van der Waals surface area (Å²) < 4.78 is 86.5. The highest BCUT2D eigenvalue weighted by molar-refractivity contribution is 5.79. The second kappa shape index (κ2) is 11.7. The molecule has 0 saturated carbocycles. The highest BCUT2D eigenvalue weighted by Crippen LogP contribution is 2.39. The van der Waals surface area contributed by atoms with Crippen LogP contribution in [0.2, 0.25) is 0 Å². The molecule has 0 radical (unpaired) electrons. The van der Waals surface area contributed by atoms with Crippen LogP contribution in [0.4, 0.5) is 26.3 Å². The van der Waals surface area contributed by atoms with Gasteiger partial charge in [-0.2, -0.15) is 26.3 Å². The van der Waals surface area contributed by atoms with E-state index in [0.717, 1.165) is 36.4 Å². The first kappa shape index (κ1) is 28.7. The Hall–Kier alpha value is -3.82. The molecule has 1 amide bonds. The number of nitrogens with one attached hydrogen (secondary N) is 1. The number of carbonyl (C=O) groups excluding carboxylic acids is 2. The molecule has 0 aliphatic carbocycles. The summed E-state index contributed by atoms with van der Waals surface area (Å²) in [4.78, 5) is 24.6. The fraction of sp³-hybridized carbons (Fsp3) is 0.286. The van der Waals surface area contributed by atoms with Crippen molar-refractivity contribution in [2.45, 2.75) is 43.6 Å². The molecule has 38 heavy (non-hydrogen) atoms. The van der Waals surface area contributed by atoms with Gasteiger partial charge in [-0.25, -0.2) is 0 Å². The van der Waals surface area contributed by atoms with Crippen LogP contribution in [0.15, 0.2) is 78.9 Å². The van der Waals surface area contributed by atoms with E-state index in [2.05, 4.69) is 10.1 Å². The van der Waals surface area contributed by atoms with Crippen LogP contribution in [-0.2, 0) is 38.6 Å². The molecule has 0 aliphatic heterocycles. The Balaban J connectivity index is 2.21. The minimum absolute atomic E-state index is 0.0446. The molecule has 1 N–H and O–H groups in total. The molecule has 0 aromatic heterocycles. The van der Waals surface area contributed by atoms with Crippen molar-refractivity contribution in [1.82, 2.24) is 5.32 Å². The van der Waals surface area contributed by atoms with E-state index in [-0.39, 0.29) is 36.8 Å². The SMILES string of the molecule is COC(=O)CCCC(=O)NC(Cc1ccccc1)(c1cccc(C(F)(F)F)c1)c1cccc(C(F)(F)F)c1. The van der Waals surface area contributed by atoms with E-state index in [1.165, 1.54) is 19.2 Å². The Labute approximate surface area is 215 Å². The molecular formula is C28H25F6NO3. The van der Waals surface area contributed by atoms with Crippen LogP contribution in [0.3, 0.4) is 0 Å². The number of hydrogen-bond donors (Lipinski definition) is 1. The molecular weight excluding hydrogens is 512 g/mol. The minimum atomic E-state index is -4.73. The van der Waals surface area contributed by atoms with Crippen molar-refractivity contribution in [2.24, 2.45) is 0 Å². The first-order valence-corrected chi connectivity index (χ1v) is 11.6. The maximum Gasteiger partial charge on any atom is 0.416 e. The summed E-state index contributed by atoms with van der Waals surface area (Å²) in [5.74, 6) is -1.20. The van der Waals surface area contributed by atoms with Crippen molar-refractivity contribution in [2.75, 3.05) is 7.11 Å². The monoisotopic (exact) mass is 537 g/mol. The molecule has 0 fully saturated rings. The number of esters is 1. The zero-order valence-electron chi connectivity index (χ0n) is 20.3. The van der Waals surface area contributed by atoms with E-state index in [0.29, 0.717) is 5.56 Å². The second-order valence-corrected chi connectivity index (χ2v) is 8.70. The fourth-order valence-corrected chi connectivity index (χ4v) is 4.18. The van der Waals surface area contributed by atoms with Gasteiger partial charge in [-0.05, 0) is 47.4 Å². The zero-order chi connectivity index (χ0) is 28.0. The average Bonchev–Trinajstić information content (AvgIpc) is 2.88. The van der Waals surface area contributed by atoms with E-state index in [4.69, 9.17) is 0 Å². The van der Waals surface area contributed by atoms with E-state index >= 15 is 0 Å². The van der Waals surface area contributed by atoms with Gasteiger partial charge in [0.05, 0.1) is 23.8 Å². The summed E-state index contributed by atoms with van der Waals surface area (Å²) in [5.41, 5.74) is -3.35. The molecule has 3 aromatic rings. The molecule has 0 bridgehead atoms. The number of benzene rings is 3. The predicted molar refractivity (Wildman–Crippen MR) is 128 cm³/mol. The molecule has 202 valence electrons. The van der Waals surface area contributed by atoms with Gasteiger partial charge in [0.25, 0.3) is 0 Å². The van der Waals surface area contributed by atoms with E-state index in [1.807, 2.05) is 0 Å². The Morgan fingerprint density at radius 3 is 1.68 bits per heavy atom. The minimum Gasteiger partial charge on any atom is -0.469 e. The third-order valence-electron chi connectivity index (χ3n) is 6.04. The number of ether oxygens (including phenoxy) is 1. The van der Waals surface area contributed by atoms with Gasteiger partial charge in [-0.15, -0.1) is 0 Å². The van der Waals surface area contributed by atoms with Gasteiger partial charge in [-0.3, -0.25) is 9.59 Å². The van der Waals surface area contributed by atoms with Crippen molar-refractivity contribution in [3.05, 3.63) is 107 Å². The first-order valence-electron chi connectivity index (χ1n) is 11.6. The normalized spacial score (nSPS) is 12.2. The highest BCUT2D eigenvalue weighted by atomic mass is 19.4. The van der Waals surface area contributed by atoms with Crippen LogP contribution in [0.1, 0.15) is 47.1 Å². The largest absolute Gasteiger partial charge is 0.469 e. The number of rotatable bonds is 9. The third-order valence-corrected chi connectivity index (χ3v) is 6.04. The van der Waals surface area contributed by atoms with Crippen molar-refractivity contribution in [1.29, 1.82) is 0 Å². The topological polar surface area (TPSA) is 55.4 Å². The highest BCUT2D eigenvalue weighted by Gasteiger charge is 2.40. The molecule has 3 aromatic carbocycles. The molecule has 0 unspecified atom stereocenters. The fourth-order valence-electron chi connectivity index (χ4n) is 4.18. The molecule has 0 aliphatic rings.